The van der Waals surface area contributed by atoms with Gasteiger partial charge >= 0.3 is 6.03 Å². The summed E-state index contributed by atoms with van der Waals surface area (Å²) in [4.78, 5) is 13.4. The predicted octanol–water partition coefficient (Wildman–Crippen LogP) is 1.69. The number of piperidine rings is 1. The Balaban J connectivity index is 2.45. The minimum Gasteiger partial charge on any atom is -0.338 e. The lowest BCUT2D eigenvalue weighted by atomic mass is 9.92. The van der Waals surface area contributed by atoms with Gasteiger partial charge in [-0.2, -0.15) is 0 Å². The molecule has 0 aromatic heterocycles. The summed E-state index contributed by atoms with van der Waals surface area (Å²) in [5.74, 6) is 1.29. The van der Waals surface area contributed by atoms with Crippen molar-refractivity contribution in [1.29, 1.82) is 0 Å². The standard InChI is InChI=1S/C10H20N2O/c1-4-11-10(13)12-6-8(2)5-9(3)7-12/h8-9H,4-7H2,1-3H3,(H,11,13). The molecule has 2 unspecified atom stereocenters. The van der Waals surface area contributed by atoms with E-state index in [1.807, 2.05) is 11.8 Å². The van der Waals surface area contributed by atoms with Crippen LogP contribution in [0.2, 0.25) is 0 Å². The van der Waals surface area contributed by atoms with Crippen LogP contribution >= 0.6 is 0 Å². The van der Waals surface area contributed by atoms with Crippen LogP contribution in [-0.2, 0) is 0 Å². The summed E-state index contributed by atoms with van der Waals surface area (Å²) < 4.78 is 0. The highest BCUT2D eigenvalue weighted by molar-refractivity contribution is 5.74. The SMILES string of the molecule is CCNC(=O)N1CC(C)CC(C)C1. The van der Waals surface area contributed by atoms with Crippen LogP contribution < -0.4 is 5.32 Å². The fraction of sp³-hybridized carbons (Fsp3) is 0.900. The molecule has 0 aromatic carbocycles. The van der Waals surface area contributed by atoms with Crippen LogP contribution in [0.4, 0.5) is 4.79 Å². The minimum atomic E-state index is 0.0981. The van der Waals surface area contributed by atoms with Crippen LogP contribution in [0.15, 0.2) is 0 Å². The van der Waals surface area contributed by atoms with Crippen LogP contribution in [0.5, 0.6) is 0 Å². The van der Waals surface area contributed by atoms with E-state index in [2.05, 4.69) is 19.2 Å². The van der Waals surface area contributed by atoms with Crippen molar-refractivity contribution in [3.05, 3.63) is 0 Å². The first-order valence-electron chi connectivity index (χ1n) is 5.16. The second-order valence-corrected chi connectivity index (χ2v) is 4.19. The molecule has 0 aliphatic carbocycles. The maximum Gasteiger partial charge on any atom is 0.317 e. The average Bonchev–Trinajstić information content (AvgIpc) is 2.03. The third kappa shape index (κ3) is 2.90. The van der Waals surface area contributed by atoms with Crippen LogP contribution in [0.1, 0.15) is 27.2 Å². The summed E-state index contributed by atoms with van der Waals surface area (Å²) in [7, 11) is 0. The predicted molar refractivity (Wildman–Crippen MR) is 53.6 cm³/mol. The highest BCUT2D eigenvalue weighted by Crippen LogP contribution is 2.20. The van der Waals surface area contributed by atoms with Gasteiger partial charge in [-0.05, 0) is 25.2 Å². The lowest BCUT2D eigenvalue weighted by Gasteiger charge is -2.34. The van der Waals surface area contributed by atoms with Crippen molar-refractivity contribution in [2.45, 2.75) is 27.2 Å². The summed E-state index contributed by atoms with van der Waals surface area (Å²) >= 11 is 0. The molecule has 0 radical (unpaired) electrons. The van der Waals surface area contributed by atoms with Gasteiger partial charge in [0.1, 0.15) is 0 Å². The van der Waals surface area contributed by atoms with Crippen molar-refractivity contribution in [2.75, 3.05) is 19.6 Å². The third-order valence-corrected chi connectivity index (χ3v) is 2.48. The number of likely N-dealkylation sites (tertiary alicyclic amines) is 1. The van der Waals surface area contributed by atoms with Crippen LogP contribution in [0.3, 0.4) is 0 Å². The van der Waals surface area contributed by atoms with E-state index in [-0.39, 0.29) is 6.03 Å². The van der Waals surface area contributed by atoms with Crippen molar-refractivity contribution in [2.24, 2.45) is 11.8 Å². The molecule has 1 saturated heterocycles. The van der Waals surface area contributed by atoms with E-state index in [0.717, 1.165) is 19.6 Å². The molecular weight excluding hydrogens is 164 g/mol. The van der Waals surface area contributed by atoms with E-state index < -0.39 is 0 Å². The van der Waals surface area contributed by atoms with E-state index in [9.17, 15) is 4.79 Å². The maximum atomic E-state index is 11.5. The van der Waals surface area contributed by atoms with Crippen molar-refractivity contribution < 1.29 is 4.79 Å². The van der Waals surface area contributed by atoms with Crippen molar-refractivity contribution in [3.8, 4) is 0 Å². The topological polar surface area (TPSA) is 32.3 Å². The number of carbonyl (C=O) groups excluding carboxylic acids is 1. The summed E-state index contributed by atoms with van der Waals surface area (Å²) in [6.45, 7) is 8.92. The molecule has 1 N–H and O–H groups in total. The molecule has 76 valence electrons. The second kappa shape index (κ2) is 4.49. The molecule has 0 aromatic rings. The number of hydrogen-bond acceptors (Lipinski definition) is 1. The number of amides is 2. The molecule has 1 aliphatic heterocycles. The van der Waals surface area contributed by atoms with E-state index >= 15 is 0 Å². The summed E-state index contributed by atoms with van der Waals surface area (Å²) in [5, 5.41) is 2.84. The molecule has 13 heavy (non-hydrogen) atoms. The zero-order valence-corrected chi connectivity index (χ0v) is 8.84. The number of carbonyl (C=O) groups is 1. The molecule has 1 rings (SSSR count). The molecule has 3 heteroatoms. The summed E-state index contributed by atoms with van der Waals surface area (Å²) in [5.41, 5.74) is 0. The zero-order chi connectivity index (χ0) is 9.84. The zero-order valence-electron chi connectivity index (χ0n) is 8.84. The first kappa shape index (κ1) is 10.4. The van der Waals surface area contributed by atoms with E-state index in [4.69, 9.17) is 0 Å². The number of nitrogens with one attached hydrogen (secondary N) is 1. The Bertz CT molecular complexity index is 172. The van der Waals surface area contributed by atoms with Crippen LogP contribution in [0.25, 0.3) is 0 Å². The molecular formula is C10H20N2O. The van der Waals surface area contributed by atoms with Gasteiger partial charge in [-0.15, -0.1) is 0 Å². The van der Waals surface area contributed by atoms with E-state index in [1.165, 1.54) is 6.42 Å². The lowest BCUT2D eigenvalue weighted by Crippen LogP contribution is -2.47. The first-order valence-corrected chi connectivity index (χ1v) is 5.16. The Kier molecular flexibility index (Phi) is 3.58. The van der Waals surface area contributed by atoms with E-state index in [0.29, 0.717) is 11.8 Å². The molecule has 2 atom stereocenters. The Morgan fingerprint density at radius 3 is 2.38 bits per heavy atom. The molecule has 1 fully saturated rings. The highest BCUT2D eigenvalue weighted by atomic mass is 16.2. The number of urea groups is 1. The molecule has 1 aliphatic rings. The number of nitrogens with zero attached hydrogens (tertiary/aromatic N) is 1. The monoisotopic (exact) mass is 184 g/mol. The molecule has 2 amide bonds. The van der Waals surface area contributed by atoms with Gasteiger partial charge in [-0.3, -0.25) is 0 Å². The van der Waals surface area contributed by atoms with Crippen LogP contribution in [-0.4, -0.2) is 30.6 Å². The quantitative estimate of drug-likeness (QED) is 0.661. The Labute approximate surface area is 80.5 Å². The smallest absolute Gasteiger partial charge is 0.317 e. The first-order chi connectivity index (χ1) is 6.13. The second-order valence-electron chi connectivity index (χ2n) is 4.19. The Morgan fingerprint density at radius 2 is 1.92 bits per heavy atom. The van der Waals surface area contributed by atoms with Gasteiger partial charge < -0.3 is 10.2 Å². The Morgan fingerprint density at radius 1 is 1.38 bits per heavy atom. The van der Waals surface area contributed by atoms with Gasteiger partial charge in [0.15, 0.2) is 0 Å². The largest absolute Gasteiger partial charge is 0.338 e. The maximum absolute atomic E-state index is 11.5. The van der Waals surface area contributed by atoms with Crippen molar-refractivity contribution in [1.82, 2.24) is 10.2 Å². The third-order valence-electron chi connectivity index (χ3n) is 2.48. The van der Waals surface area contributed by atoms with Gasteiger partial charge in [0.05, 0.1) is 0 Å². The number of hydrogen-bond donors (Lipinski definition) is 1. The fourth-order valence-corrected chi connectivity index (χ4v) is 2.09. The minimum absolute atomic E-state index is 0.0981. The van der Waals surface area contributed by atoms with Gasteiger partial charge in [0, 0.05) is 19.6 Å². The molecule has 3 nitrogen and oxygen atoms in total. The van der Waals surface area contributed by atoms with Crippen molar-refractivity contribution >= 4 is 6.03 Å². The molecule has 0 spiro atoms. The lowest BCUT2D eigenvalue weighted by molar-refractivity contribution is 0.146. The van der Waals surface area contributed by atoms with Gasteiger partial charge in [0.2, 0.25) is 0 Å². The van der Waals surface area contributed by atoms with Gasteiger partial charge in [0.25, 0.3) is 0 Å². The van der Waals surface area contributed by atoms with Gasteiger partial charge in [-0.1, -0.05) is 13.8 Å². The fourth-order valence-electron chi connectivity index (χ4n) is 2.09. The van der Waals surface area contributed by atoms with Crippen LogP contribution in [0, 0.1) is 11.8 Å². The van der Waals surface area contributed by atoms with Crippen molar-refractivity contribution in [3.63, 3.8) is 0 Å². The Hall–Kier alpha value is -0.730. The molecule has 0 bridgehead atoms. The average molecular weight is 184 g/mol. The summed E-state index contributed by atoms with van der Waals surface area (Å²) in [6.07, 6.45) is 1.25. The molecule has 1 heterocycles. The normalized spacial score (nSPS) is 28.7. The molecule has 0 saturated carbocycles. The number of rotatable bonds is 1. The summed E-state index contributed by atoms with van der Waals surface area (Å²) in [6, 6.07) is 0.0981. The van der Waals surface area contributed by atoms with E-state index in [1.54, 1.807) is 0 Å². The highest BCUT2D eigenvalue weighted by Gasteiger charge is 2.24. The van der Waals surface area contributed by atoms with Gasteiger partial charge in [-0.25, -0.2) is 4.79 Å².